The molecule has 0 aromatic carbocycles. The fourth-order valence-electron chi connectivity index (χ4n) is 2.50. The van der Waals surface area contributed by atoms with Gasteiger partial charge in [-0.3, -0.25) is 5.32 Å². The summed E-state index contributed by atoms with van der Waals surface area (Å²) in [6, 6.07) is 0.249. The lowest BCUT2D eigenvalue weighted by Gasteiger charge is -2.26. The molecule has 2 heterocycles. The van der Waals surface area contributed by atoms with E-state index in [9.17, 15) is 4.79 Å². The zero-order valence-corrected chi connectivity index (χ0v) is 10.4. The third-order valence-corrected chi connectivity index (χ3v) is 3.50. The van der Waals surface area contributed by atoms with E-state index in [0.717, 1.165) is 32.5 Å². The Hall–Kier alpha value is -0.810. The van der Waals surface area contributed by atoms with Crippen LogP contribution in [0.15, 0.2) is 0 Å². The third kappa shape index (κ3) is 4.52. The van der Waals surface area contributed by atoms with Crippen LogP contribution in [-0.2, 0) is 0 Å². The minimum Gasteiger partial charge on any atom is -0.334 e. The molecule has 17 heavy (non-hydrogen) atoms. The summed E-state index contributed by atoms with van der Waals surface area (Å²) < 4.78 is 0. The Bertz CT molecular complexity index is 233. The molecule has 0 bridgehead atoms. The van der Waals surface area contributed by atoms with Crippen LogP contribution in [0, 0.1) is 0 Å². The molecule has 0 radical (unpaired) electrons. The Morgan fingerprint density at radius 1 is 1.00 bits per heavy atom. The number of hydrogen-bond acceptors (Lipinski definition) is 3. The van der Waals surface area contributed by atoms with Crippen molar-refractivity contribution in [1.29, 1.82) is 0 Å². The van der Waals surface area contributed by atoms with Crippen LogP contribution >= 0.6 is 0 Å². The molecule has 2 aliphatic heterocycles. The molecule has 2 atom stereocenters. The van der Waals surface area contributed by atoms with Gasteiger partial charge in [0.2, 0.25) is 0 Å². The predicted octanol–water partition coefficient (Wildman–Crippen LogP) is 0.527. The van der Waals surface area contributed by atoms with E-state index >= 15 is 0 Å². The molecule has 2 rings (SSSR count). The van der Waals surface area contributed by atoms with Crippen molar-refractivity contribution in [2.24, 2.45) is 0 Å². The van der Waals surface area contributed by atoms with E-state index < -0.39 is 0 Å². The zero-order chi connectivity index (χ0) is 11.9. The minimum atomic E-state index is -0.0295. The topological polar surface area (TPSA) is 65.2 Å². The number of hydrogen-bond donors (Lipinski definition) is 4. The van der Waals surface area contributed by atoms with Crippen molar-refractivity contribution in [1.82, 2.24) is 21.3 Å². The van der Waals surface area contributed by atoms with E-state index in [1.54, 1.807) is 0 Å². The molecule has 2 unspecified atom stereocenters. The van der Waals surface area contributed by atoms with Crippen molar-refractivity contribution in [2.75, 3.05) is 19.6 Å². The summed E-state index contributed by atoms with van der Waals surface area (Å²) in [4.78, 5) is 11.8. The van der Waals surface area contributed by atoms with Gasteiger partial charge < -0.3 is 16.0 Å². The molecule has 0 saturated carbocycles. The Balaban J connectivity index is 1.68. The summed E-state index contributed by atoms with van der Waals surface area (Å²) in [7, 11) is 0. The molecule has 0 aliphatic carbocycles. The molecule has 0 aromatic heterocycles. The number of urea groups is 1. The van der Waals surface area contributed by atoms with Crippen LogP contribution in [0.25, 0.3) is 0 Å². The largest absolute Gasteiger partial charge is 0.334 e. The number of nitrogens with one attached hydrogen (secondary N) is 4. The molecular formula is C12H24N4O. The number of carbonyl (C=O) groups is 1. The van der Waals surface area contributed by atoms with Gasteiger partial charge in [0.05, 0.1) is 6.17 Å². The molecule has 0 aromatic rings. The summed E-state index contributed by atoms with van der Waals surface area (Å²) in [5, 5.41) is 12.7. The summed E-state index contributed by atoms with van der Waals surface area (Å²) in [6.45, 7) is 2.98. The van der Waals surface area contributed by atoms with Crippen LogP contribution in [0.1, 0.15) is 38.5 Å². The Labute approximate surface area is 103 Å². The van der Waals surface area contributed by atoms with Gasteiger partial charge in [0, 0.05) is 12.6 Å². The standard InChI is InChI=1S/C12H24N4O/c17-12(16-11-6-2-4-8-14-11)15-10-5-1-3-7-13-9-10/h10-11,13-14H,1-9H2,(H2,15,16,17). The number of piperidine rings is 1. The highest BCUT2D eigenvalue weighted by molar-refractivity contribution is 5.74. The number of carbonyl (C=O) groups excluding carboxylic acids is 1. The van der Waals surface area contributed by atoms with Crippen LogP contribution in [0.4, 0.5) is 4.79 Å². The van der Waals surface area contributed by atoms with Crippen molar-refractivity contribution < 1.29 is 4.79 Å². The van der Waals surface area contributed by atoms with Crippen LogP contribution in [0.5, 0.6) is 0 Å². The third-order valence-electron chi connectivity index (χ3n) is 3.50. The Morgan fingerprint density at radius 3 is 2.65 bits per heavy atom. The number of rotatable bonds is 2. The predicted molar refractivity (Wildman–Crippen MR) is 67.8 cm³/mol. The average Bonchev–Trinajstić information content (AvgIpc) is 2.59. The smallest absolute Gasteiger partial charge is 0.316 e. The summed E-state index contributed by atoms with van der Waals surface area (Å²) in [5.41, 5.74) is 0. The van der Waals surface area contributed by atoms with Gasteiger partial charge in [0.1, 0.15) is 0 Å². The summed E-state index contributed by atoms with van der Waals surface area (Å²) >= 11 is 0. The van der Waals surface area contributed by atoms with Gasteiger partial charge in [-0.1, -0.05) is 6.42 Å². The fraction of sp³-hybridized carbons (Fsp3) is 0.917. The molecule has 98 valence electrons. The van der Waals surface area contributed by atoms with Crippen LogP contribution in [0.2, 0.25) is 0 Å². The molecule has 2 fully saturated rings. The SMILES string of the molecule is O=C(NC1CCCCNC1)NC1CCCCN1. The Kier molecular flexibility index (Phi) is 5.07. The second-order valence-electron chi connectivity index (χ2n) is 5.02. The zero-order valence-electron chi connectivity index (χ0n) is 10.4. The maximum absolute atomic E-state index is 11.8. The van der Waals surface area contributed by atoms with E-state index in [1.807, 2.05) is 0 Å². The normalized spacial score (nSPS) is 30.4. The second kappa shape index (κ2) is 6.81. The molecule has 5 heteroatoms. The van der Waals surface area contributed by atoms with E-state index in [2.05, 4.69) is 21.3 Å². The molecule has 0 spiro atoms. The molecule has 2 saturated heterocycles. The lowest BCUT2D eigenvalue weighted by atomic mass is 10.1. The van der Waals surface area contributed by atoms with E-state index in [0.29, 0.717) is 0 Å². The fourth-order valence-corrected chi connectivity index (χ4v) is 2.50. The second-order valence-corrected chi connectivity index (χ2v) is 5.02. The molecule has 4 N–H and O–H groups in total. The van der Waals surface area contributed by atoms with Gasteiger partial charge >= 0.3 is 6.03 Å². The summed E-state index contributed by atoms with van der Waals surface area (Å²) in [6.07, 6.45) is 7.09. The van der Waals surface area contributed by atoms with Crippen molar-refractivity contribution in [3.63, 3.8) is 0 Å². The van der Waals surface area contributed by atoms with Crippen LogP contribution in [-0.4, -0.2) is 37.9 Å². The first kappa shape index (κ1) is 12.6. The lowest BCUT2D eigenvalue weighted by molar-refractivity contribution is 0.225. The minimum absolute atomic E-state index is 0.0295. The first-order valence-electron chi connectivity index (χ1n) is 6.86. The first-order chi connectivity index (χ1) is 8.34. The summed E-state index contributed by atoms with van der Waals surface area (Å²) in [5.74, 6) is 0. The maximum atomic E-state index is 11.8. The van der Waals surface area contributed by atoms with E-state index in [-0.39, 0.29) is 18.2 Å². The molecule has 2 amide bonds. The molecule has 5 nitrogen and oxygen atoms in total. The highest BCUT2D eigenvalue weighted by Gasteiger charge is 2.18. The Morgan fingerprint density at radius 2 is 1.82 bits per heavy atom. The van der Waals surface area contributed by atoms with Crippen molar-refractivity contribution in [3.05, 3.63) is 0 Å². The van der Waals surface area contributed by atoms with Crippen molar-refractivity contribution in [3.8, 4) is 0 Å². The highest BCUT2D eigenvalue weighted by Crippen LogP contribution is 2.05. The first-order valence-corrected chi connectivity index (χ1v) is 6.86. The van der Waals surface area contributed by atoms with Gasteiger partial charge in [0.25, 0.3) is 0 Å². The highest BCUT2D eigenvalue weighted by atomic mass is 16.2. The van der Waals surface area contributed by atoms with Gasteiger partial charge in [-0.05, 0) is 45.2 Å². The quantitative estimate of drug-likeness (QED) is 0.569. The monoisotopic (exact) mass is 240 g/mol. The van der Waals surface area contributed by atoms with E-state index in [1.165, 1.54) is 25.7 Å². The van der Waals surface area contributed by atoms with Gasteiger partial charge in [-0.25, -0.2) is 4.79 Å². The van der Waals surface area contributed by atoms with E-state index in [4.69, 9.17) is 0 Å². The van der Waals surface area contributed by atoms with Crippen molar-refractivity contribution in [2.45, 2.75) is 50.7 Å². The molecular weight excluding hydrogens is 216 g/mol. The lowest BCUT2D eigenvalue weighted by Crippen LogP contribution is -2.54. The van der Waals surface area contributed by atoms with Crippen molar-refractivity contribution >= 4 is 6.03 Å². The molecule has 2 aliphatic rings. The van der Waals surface area contributed by atoms with Crippen LogP contribution < -0.4 is 21.3 Å². The van der Waals surface area contributed by atoms with Gasteiger partial charge in [0.15, 0.2) is 0 Å². The maximum Gasteiger partial charge on any atom is 0.316 e. The van der Waals surface area contributed by atoms with Crippen LogP contribution in [0.3, 0.4) is 0 Å². The van der Waals surface area contributed by atoms with Gasteiger partial charge in [-0.2, -0.15) is 0 Å². The number of amides is 2. The van der Waals surface area contributed by atoms with Gasteiger partial charge in [-0.15, -0.1) is 0 Å². The average molecular weight is 240 g/mol.